The highest BCUT2D eigenvalue weighted by atomic mass is 16.5. The molecule has 0 aliphatic heterocycles. The third kappa shape index (κ3) is 5.74. The highest BCUT2D eigenvalue weighted by Crippen LogP contribution is 2.21. The molecule has 0 spiro atoms. The molecule has 0 bridgehead atoms. The largest absolute Gasteiger partial charge is 0.327 e. The van der Waals surface area contributed by atoms with Gasteiger partial charge in [-0.15, -0.1) is 0 Å². The molecule has 0 unspecified atom stereocenters. The molecule has 2 N–H and O–H groups in total. The summed E-state index contributed by atoms with van der Waals surface area (Å²) in [5.74, 6) is 0.445. The molecule has 0 aliphatic carbocycles. The van der Waals surface area contributed by atoms with Gasteiger partial charge >= 0.3 is 0 Å². The van der Waals surface area contributed by atoms with E-state index < -0.39 is 5.91 Å². The molecule has 3 aromatic carbocycles. The first-order valence-corrected chi connectivity index (χ1v) is 11.1. The van der Waals surface area contributed by atoms with Crippen LogP contribution in [-0.4, -0.2) is 25.6 Å². The minimum atomic E-state index is -0.563. The fourth-order valence-corrected chi connectivity index (χ4v) is 4.03. The van der Waals surface area contributed by atoms with E-state index in [2.05, 4.69) is 64.9 Å². The second-order valence-electron chi connectivity index (χ2n) is 7.95. The maximum absolute atomic E-state index is 11.3. The number of nitrogens with one attached hydrogen (secondary N) is 1. The molecule has 1 heterocycles. The van der Waals surface area contributed by atoms with Crippen molar-refractivity contribution in [2.75, 3.05) is 0 Å². The monoisotopic (exact) mass is 440 g/mol. The zero-order valence-electron chi connectivity index (χ0n) is 18.7. The number of amides is 1. The number of rotatable bonds is 9. The summed E-state index contributed by atoms with van der Waals surface area (Å²) in [6.07, 6.45) is 2.95. The van der Waals surface area contributed by atoms with Crippen LogP contribution in [0.15, 0.2) is 84.9 Å². The van der Waals surface area contributed by atoms with Crippen LogP contribution >= 0.6 is 0 Å². The number of hydrogen-bond acceptors (Lipinski definition) is 4. The molecule has 6 nitrogen and oxygen atoms in total. The van der Waals surface area contributed by atoms with E-state index in [9.17, 15) is 4.79 Å². The van der Waals surface area contributed by atoms with E-state index in [1.807, 2.05) is 30.3 Å². The number of nitrogens with zero attached hydrogens (tertiary/aromatic N) is 3. The Bertz CT molecular complexity index is 1190. The van der Waals surface area contributed by atoms with Gasteiger partial charge in [-0.05, 0) is 41.8 Å². The number of carbonyl (C=O) groups is 1. The summed E-state index contributed by atoms with van der Waals surface area (Å²) in [6, 6.07) is 26.9. The Hall–Kier alpha value is -3.74. The average Bonchev–Trinajstić information content (AvgIpc) is 3.19. The van der Waals surface area contributed by atoms with E-state index in [0.717, 1.165) is 42.1 Å². The molecule has 4 aromatic rings. The third-order valence-electron chi connectivity index (χ3n) is 5.57. The van der Waals surface area contributed by atoms with Gasteiger partial charge in [-0.25, -0.2) is 10.5 Å². The molecular formula is C27H28N4O2. The summed E-state index contributed by atoms with van der Waals surface area (Å²) < 4.78 is 2.24. The molecule has 0 saturated heterocycles. The Labute approximate surface area is 193 Å². The number of benzene rings is 3. The van der Waals surface area contributed by atoms with Crippen LogP contribution in [-0.2, 0) is 31.0 Å². The van der Waals surface area contributed by atoms with Gasteiger partial charge in [0.15, 0.2) is 0 Å². The second-order valence-corrected chi connectivity index (χ2v) is 7.95. The SMILES string of the molecule is CCn1c(CN(Cc2ccccc2)Cc2ccccc2)nc2cc(/C=C/C(=O)NO)ccc21. The number of fused-ring (bicyclic) bond motifs is 1. The predicted molar refractivity (Wildman–Crippen MR) is 130 cm³/mol. The maximum atomic E-state index is 11.3. The molecule has 0 radical (unpaired) electrons. The lowest BCUT2D eigenvalue weighted by Crippen LogP contribution is -2.24. The summed E-state index contributed by atoms with van der Waals surface area (Å²) in [5, 5.41) is 8.68. The van der Waals surface area contributed by atoms with Gasteiger partial charge in [0.2, 0.25) is 0 Å². The van der Waals surface area contributed by atoms with Crippen molar-refractivity contribution in [3.63, 3.8) is 0 Å². The van der Waals surface area contributed by atoms with E-state index in [4.69, 9.17) is 10.2 Å². The fraction of sp³-hybridized carbons (Fsp3) is 0.185. The quantitative estimate of drug-likeness (QED) is 0.223. The summed E-state index contributed by atoms with van der Waals surface area (Å²) in [5.41, 5.74) is 6.94. The lowest BCUT2D eigenvalue weighted by atomic mass is 10.1. The molecule has 6 heteroatoms. The predicted octanol–water partition coefficient (Wildman–Crippen LogP) is 4.78. The van der Waals surface area contributed by atoms with Crippen LogP contribution in [0.25, 0.3) is 17.1 Å². The molecule has 0 aliphatic rings. The molecule has 1 aromatic heterocycles. The van der Waals surface area contributed by atoms with E-state index in [1.165, 1.54) is 17.2 Å². The lowest BCUT2D eigenvalue weighted by Gasteiger charge is -2.23. The number of carbonyl (C=O) groups excluding carboxylic acids is 1. The van der Waals surface area contributed by atoms with Crippen molar-refractivity contribution in [1.29, 1.82) is 0 Å². The first-order chi connectivity index (χ1) is 16.2. The van der Waals surface area contributed by atoms with Crippen LogP contribution in [0.4, 0.5) is 0 Å². The minimum Gasteiger partial charge on any atom is -0.327 e. The number of hydrogen-bond donors (Lipinski definition) is 2. The van der Waals surface area contributed by atoms with Crippen molar-refractivity contribution in [2.24, 2.45) is 0 Å². The van der Waals surface area contributed by atoms with Gasteiger partial charge in [0.05, 0.1) is 17.6 Å². The first-order valence-electron chi connectivity index (χ1n) is 11.1. The van der Waals surface area contributed by atoms with Crippen molar-refractivity contribution in [3.05, 3.63) is 107 Å². The Morgan fingerprint density at radius 1 is 0.970 bits per heavy atom. The van der Waals surface area contributed by atoms with E-state index >= 15 is 0 Å². The van der Waals surface area contributed by atoms with Gasteiger partial charge in [0.25, 0.3) is 5.91 Å². The number of imidazole rings is 1. The second kappa shape index (κ2) is 10.7. The van der Waals surface area contributed by atoms with Crippen LogP contribution in [0.5, 0.6) is 0 Å². The summed E-state index contributed by atoms with van der Waals surface area (Å²) in [6.45, 7) is 5.31. The van der Waals surface area contributed by atoms with Gasteiger partial charge in [0.1, 0.15) is 5.82 Å². The molecule has 0 saturated carbocycles. The Balaban J connectivity index is 1.63. The van der Waals surface area contributed by atoms with Gasteiger partial charge < -0.3 is 4.57 Å². The van der Waals surface area contributed by atoms with Crippen molar-refractivity contribution >= 4 is 23.0 Å². The number of hydroxylamine groups is 1. The van der Waals surface area contributed by atoms with Crippen molar-refractivity contribution in [3.8, 4) is 0 Å². The maximum Gasteiger partial charge on any atom is 0.267 e. The van der Waals surface area contributed by atoms with Crippen LogP contribution in [0.2, 0.25) is 0 Å². The minimum absolute atomic E-state index is 0.563. The van der Waals surface area contributed by atoms with Crippen LogP contribution in [0.1, 0.15) is 29.4 Å². The molecule has 168 valence electrons. The van der Waals surface area contributed by atoms with Crippen molar-refractivity contribution in [1.82, 2.24) is 19.9 Å². The van der Waals surface area contributed by atoms with Crippen molar-refractivity contribution in [2.45, 2.75) is 33.1 Å². The van der Waals surface area contributed by atoms with E-state index in [0.29, 0.717) is 6.54 Å². The lowest BCUT2D eigenvalue weighted by molar-refractivity contribution is -0.124. The Morgan fingerprint density at radius 3 is 2.18 bits per heavy atom. The summed E-state index contributed by atoms with van der Waals surface area (Å²) in [7, 11) is 0. The molecule has 0 fully saturated rings. The van der Waals surface area contributed by atoms with Gasteiger partial charge in [-0.2, -0.15) is 0 Å². The normalized spacial score (nSPS) is 11.5. The molecular weight excluding hydrogens is 412 g/mol. The fourth-order valence-electron chi connectivity index (χ4n) is 4.03. The highest BCUT2D eigenvalue weighted by Gasteiger charge is 2.15. The summed E-state index contributed by atoms with van der Waals surface area (Å²) >= 11 is 0. The van der Waals surface area contributed by atoms with E-state index in [1.54, 1.807) is 11.6 Å². The van der Waals surface area contributed by atoms with Crippen molar-refractivity contribution < 1.29 is 10.0 Å². The Morgan fingerprint density at radius 2 is 1.61 bits per heavy atom. The number of aromatic nitrogens is 2. The van der Waals surface area contributed by atoms with Crippen LogP contribution < -0.4 is 5.48 Å². The molecule has 4 rings (SSSR count). The topological polar surface area (TPSA) is 70.4 Å². The van der Waals surface area contributed by atoms with Gasteiger partial charge in [0, 0.05) is 25.7 Å². The van der Waals surface area contributed by atoms with Gasteiger partial charge in [-0.1, -0.05) is 66.7 Å². The standard InChI is InChI=1S/C27H28N4O2/c1-2-31-25-15-13-21(14-16-27(32)29-33)17-24(25)28-26(31)20-30(18-22-9-5-3-6-10-22)19-23-11-7-4-8-12-23/h3-17,33H,2,18-20H2,1H3,(H,29,32)/b16-14+. The van der Waals surface area contributed by atoms with Gasteiger partial charge in [-0.3, -0.25) is 14.9 Å². The third-order valence-corrected chi connectivity index (χ3v) is 5.57. The molecule has 33 heavy (non-hydrogen) atoms. The molecule has 0 atom stereocenters. The van der Waals surface area contributed by atoms with Crippen LogP contribution in [0, 0.1) is 0 Å². The zero-order valence-corrected chi connectivity index (χ0v) is 18.7. The molecule has 1 amide bonds. The summed E-state index contributed by atoms with van der Waals surface area (Å²) in [4.78, 5) is 18.7. The highest BCUT2D eigenvalue weighted by molar-refractivity contribution is 5.91. The smallest absolute Gasteiger partial charge is 0.267 e. The number of aryl methyl sites for hydroxylation is 1. The van der Waals surface area contributed by atoms with E-state index in [-0.39, 0.29) is 0 Å². The zero-order chi connectivity index (χ0) is 23.0. The van der Waals surface area contributed by atoms with Crippen LogP contribution in [0.3, 0.4) is 0 Å². The Kier molecular flexibility index (Phi) is 7.29. The average molecular weight is 441 g/mol. The first kappa shape index (κ1) is 22.5.